The van der Waals surface area contributed by atoms with Crippen LogP contribution >= 0.6 is 11.6 Å². The minimum absolute atomic E-state index is 0.0414. The number of carbonyl (C=O) groups is 1. The molecule has 0 radical (unpaired) electrons. The summed E-state index contributed by atoms with van der Waals surface area (Å²) in [7, 11) is -3.89. The molecule has 0 aliphatic heterocycles. The molecule has 5 nitrogen and oxygen atoms in total. The van der Waals surface area contributed by atoms with Crippen LogP contribution in [0, 0.1) is 12.7 Å². The molecule has 134 valence electrons. The molecule has 0 spiro atoms. The van der Waals surface area contributed by atoms with E-state index in [1.807, 2.05) is 0 Å². The third-order valence-corrected chi connectivity index (χ3v) is 4.95. The zero-order chi connectivity index (χ0) is 18.6. The second-order valence-electron chi connectivity index (χ2n) is 5.31. The first-order valence-corrected chi connectivity index (χ1v) is 9.47. The zero-order valence-electron chi connectivity index (χ0n) is 13.7. The summed E-state index contributed by atoms with van der Waals surface area (Å²) in [5.41, 5.74) is 1.05. The standard InChI is InChI=1S/C17H17ClFNO4S/c1-3-24-17(21)12-7-8-16(11(2)9-12)20-25(22,23)10-13-14(18)5-4-6-15(13)19/h4-9,20H,3,10H2,1-2H3. The molecule has 0 aliphatic carbocycles. The molecular formula is C17H17ClFNO4S. The second-order valence-corrected chi connectivity index (χ2v) is 7.44. The highest BCUT2D eigenvalue weighted by Crippen LogP contribution is 2.24. The maximum absolute atomic E-state index is 13.8. The first kappa shape index (κ1) is 19.2. The Morgan fingerprint density at radius 2 is 2.00 bits per heavy atom. The van der Waals surface area contributed by atoms with E-state index in [4.69, 9.17) is 16.3 Å². The number of aryl methyl sites for hydroxylation is 1. The van der Waals surface area contributed by atoms with Crippen LogP contribution in [-0.4, -0.2) is 21.0 Å². The third-order valence-electron chi connectivity index (χ3n) is 3.40. The minimum atomic E-state index is -3.89. The van der Waals surface area contributed by atoms with Crippen LogP contribution in [0.25, 0.3) is 0 Å². The third kappa shape index (κ3) is 4.93. The van der Waals surface area contributed by atoms with E-state index in [2.05, 4.69) is 4.72 Å². The summed E-state index contributed by atoms with van der Waals surface area (Å²) >= 11 is 5.87. The highest BCUT2D eigenvalue weighted by Gasteiger charge is 2.19. The number of anilines is 1. The molecular weight excluding hydrogens is 369 g/mol. The molecule has 0 aliphatic rings. The lowest BCUT2D eigenvalue weighted by Gasteiger charge is -2.13. The predicted octanol–water partition coefficient (Wildman–Crippen LogP) is 3.91. The van der Waals surface area contributed by atoms with Gasteiger partial charge in [0, 0.05) is 10.6 Å². The van der Waals surface area contributed by atoms with Crippen molar-refractivity contribution in [2.24, 2.45) is 0 Å². The number of hydrogen-bond donors (Lipinski definition) is 1. The number of carbonyl (C=O) groups excluding carboxylic acids is 1. The lowest BCUT2D eigenvalue weighted by atomic mass is 10.1. The van der Waals surface area contributed by atoms with Crippen LogP contribution in [0.4, 0.5) is 10.1 Å². The summed E-state index contributed by atoms with van der Waals surface area (Å²) in [5.74, 6) is -1.78. The number of halogens is 2. The van der Waals surface area contributed by atoms with Crippen LogP contribution in [0.15, 0.2) is 36.4 Å². The molecule has 2 rings (SSSR count). The molecule has 2 aromatic carbocycles. The van der Waals surface area contributed by atoms with Crippen LogP contribution in [0.1, 0.15) is 28.4 Å². The van der Waals surface area contributed by atoms with Crippen molar-refractivity contribution in [3.8, 4) is 0 Å². The molecule has 8 heteroatoms. The van der Waals surface area contributed by atoms with E-state index in [1.165, 1.54) is 30.3 Å². The molecule has 0 saturated heterocycles. The Morgan fingerprint density at radius 3 is 2.60 bits per heavy atom. The Hall–Kier alpha value is -2.12. The smallest absolute Gasteiger partial charge is 0.338 e. The number of esters is 1. The van der Waals surface area contributed by atoms with Crippen molar-refractivity contribution in [1.29, 1.82) is 0 Å². The van der Waals surface area contributed by atoms with Crippen molar-refractivity contribution >= 4 is 33.3 Å². The van der Waals surface area contributed by atoms with Crippen LogP contribution < -0.4 is 4.72 Å². The van der Waals surface area contributed by atoms with Gasteiger partial charge in [-0.2, -0.15) is 0 Å². The number of hydrogen-bond acceptors (Lipinski definition) is 4. The Labute approximate surface area is 150 Å². The molecule has 0 fully saturated rings. The highest BCUT2D eigenvalue weighted by atomic mass is 35.5. The van der Waals surface area contributed by atoms with Crippen LogP contribution in [0.3, 0.4) is 0 Å². The summed E-state index contributed by atoms with van der Waals surface area (Å²) in [6.45, 7) is 3.59. The quantitative estimate of drug-likeness (QED) is 0.765. The summed E-state index contributed by atoms with van der Waals surface area (Å²) in [6.07, 6.45) is 0. The molecule has 2 aromatic rings. The van der Waals surface area contributed by atoms with E-state index in [1.54, 1.807) is 13.8 Å². The predicted molar refractivity (Wildman–Crippen MR) is 94.8 cm³/mol. The van der Waals surface area contributed by atoms with Crippen LogP contribution in [0.5, 0.6) is 0 Å². The molecule has 0 unspecified atom stereocenters. The van der Waals surface area contributed by atoms with E-state index >= 15 is 0 Å². The van der Waals surface area contributed by atoms with Gasteiger partial charge in [-0.05, 0) is 49.7 Å². The number of benzene rings is 2. The van der Waals surface area contributed by atoms with E-state index < -0.39 is 27.6 Å². The highest BCUT2D eigenvalue weighted by molar-refractivity contribution is 7.91. The van der Waals surface area contributed by atoms with Gasteiger partial charge < -0.3 is 4.74 Å². The fraction of sp³-hybridized carbons (Fsp3) is 0.235. The number of nitrogens with one attached hydrogen (secondary N) is 1. The molecule has 25 heavy (non-hydrogen) atoms. The molecule has 0 atom stereocenters. The summed E-state index contributed by atoms with van der Waals surface area (Å²) in [4.78, 5) is 11.7. The number of sulfonamides is 1. The van der Waals surface area contributed by atoms with Crippen LogP contribution in [-0.2, 0) is 20.5 Å². The van der Waals surface area contributed by atoms with Gasteiger partial charge in [-0.1, -0.05) is 17.7 Å². The first-order chi connectivity index (χ1) is 11.7. The average molecular weight is 386 g/mol. The van der Waals surface area contributed by atoms with Gasteiger partial charge in [0.15, 0.2) is 0 Å². The molecule has 0 heterocycles. The van der Waals surface area contributed by atoms with Crippen molar-refractivity contribution in [2.75, 3.05) is 11.3 Å². The van der Waals surface area contributed by atoms with Gasteiger partial charge in [0.05, 0.1) is 23.6 Å². The van der Waals surface area contributed by atoms with Crippen molar-refractivity contribution in [1.82, 2.24) is 0 Å². The van der Waals surface area contributed by atoms with Crippen molar-refractivity contribution in [2.45, 2.75) is 19.6 Å². The van der Waals surface area contributed by atoms with Crippen LogP contribution in [0.2, 0.25) is 5.02 Å². The van der Waals surface area contributed by atoms with Gasteiger partial charge in [-0.3, -0.25) is 4.72 Å². The fourth-order valence-electron chi connectivity index (χ4n) is 2.18. The van der Waals surface area contributed by atoms with Crippen molar-refractivity contribution in [3.05, 3.63) is 63.9 Å². The van der Waals surface area contributed by atoms with E-state index in [0.29, 0.717) is 16.8 Å². The Morgan fingerprint density at radius 1 is 1.28 bits per heavy atom. The van der Waals surface area contributed by atoms with Gasteiger partial charge in [0.1, 0.15) is 5.82 Å². The molecule has 0 bridgehead atoms. The average Bonchev–Trinajstić information content (AvgIpc) is 2.53. The lowest BCUT2D eigenvalue weighted by molar-refractivity contribution is 0.0526. The minimum Gasteiger partial charge on any atom is -0.462 e. The van der Waals surface area contributed by atoms with Crippen molar-refractivity contribution in [3.63, 3.8) is 0 Å². The maximum atomic E-state index is 13.8. The van der Waals surface area contributed by atoms with E-state index in [-0.39, 0.29) is 17.2 Å². The monoisotopic (exact) mass is 385 g/mol. The Balaban J connectivity index is 2.22. The molecule has 0 aromatic heterocycles. The number of rotatable bonds is 6. The SMILES string of the molecule is CCOC(=O)c1ccc(NS(=O)(=O)Cc2c(F)cccc2Cl)c(C)c1. The molecule has 0 saturated carbocycles. The van der Waals surface area contributed by atoms with Crippen molar-refractivity contribution < 1.29 is 22.3 Å². The van der Waals surface area contributed by atoms with Gasteiger partial charge in [-0.15, -0.1) is 0 Å². The maximum Gasteiger partial charge on any atom is 0.338 e. The summed E-state index contributed by atoms with van der Waals surface area (Å²) in [6, 6.07) is 8.41. The topological polar surface area (TPSA) is 72.5 Å². The normalized spacial score (nSPS) is 11.2. The second kappa shape index (κ2) is 7.84. The van der Waals surface area contributed by atoms with E-state index in [9.17, 15) is 17.6 Å². The van der Waals surface area contributed by atoms with Gasteiger partial charge in [0.2, 0.25) is 10.0 Å². The summed E-state index contributed by atoms with van der Waals surface area (Å²) < 4.78 is 45.7. The fourth-order valence-corrected chi connectivity index (χ4v) is 3.80. The van der Waals surface area contributed by atoms with Gasteiger partial charge in [-0.25, -0.2) is 17.6 Å². The van der Waals surface area contributed by atoms with E-state index in [0.717, 1.165) is 6.07 Å². The summed E-state index contributed by atoms with van der Waals surface area (Å²) in [5, 5.41) is 0.0414. The number of ether oxygens (including phenoxy) is 1. The zero-order valence-corrected chi connectivity index (χ0v) is 15.2. The molecule has 1 N–H and O–H groups in total. The lowest BCUT2D eigenvalue weighted by Crippen LogP contribution is -2.17. The van der Waals surface area contributed by atoms with Gasteiger partial charge >= 0.3 is 5.97 Å². The Bertz CT molecular complexity index is 879. The van der Waals surface area contributed by atoms with Gasteiger partial charge in [0.25, 0.3) is 0 Å². The molecule has 0 amide bonds. The Kier molecular flexibility index (Phi) is 6.02. The largest absolute Gasteiger partial charge is 0.462 e. The first-order valence-electron chi connectivity index (χ1n) is 7.44.